The van der Waals surface area contributed by atoms with Gasteiger partial charge in [0.15, 0.2) is 0 Å². The van der Waals surface area contributed by atoms with Gasteiger partial charge in [-0.05, 0) is 13.5 Å². The van der Waals surface area contributed by atoms with Gasteiger partial charge in [-0.1, -0.05) is 13.3 Å². The van der Waals surface area contributed by atoms with Crippen LogP contribution >= 0.6 is 0 Å². The molecule has 0 spiro atoms. The Kier molecular flexibility index (Phi) is 3.43. The molecule has 0 amide bonds. The van der Waals surface area contributed by atoms with Crippen LogP contribution in [0.25, 0.3) is 11.0 Å². The van der Waals surface area contributed by atoms with Crippen LogP contribution in [0, 0.1) is 11.6 Å². The molecule has 0 saturated carbocycles. The summed E-state index contributed by atoms with van der Waals surface area (Å²) < 4.78 is 32.4. The number of rotatable bonds is 4. The van der Waals surface area contributed by atoms with Crippen molar-refractivity contribution in [2.75, 3.05) is 7.05 Å². The quantitative estimate of drug-likeness (QED) is 0.884. The molecule has 17 heavy (non-hydrogen) atoms. The molecule has 0 aliphatic heterocycles. The normalized spacial score (nSPS) is 11.3. The Morgan fingerprint density at radius 1 is 1.29 bits per heavy atom. The molecule has 0 radical (unpaired) electrons. The number of nitrogens with one attached hydrogen (secondary N) is 1. The average molecular weight is 239 g/mol. The fourth-order valence-corrected chi connectivity index (χ4v) is 2.07. The molecule has 0 aliphatic carbocycles. The predicted octanol–water partition coefficient (Wildman–Crippen LogP) is 3.38. The van der Waals surface area contributed by atoms with E-state index in [1.165, 1.54) is 6.07 Å². The minimum Gasteiger partial charge on any atom is -0.459 e. The van der Waals surface area contributed by atoms with Crippen LogP contribution in [0.5, 0.6) is 0 Å². The summed E-state index contributed by atoms with van der Waals surface area (Å²) in [6.07, 6.45) is 1.62. The molecule has 0 aliphatic rings. The van der Waals surface area contributed by atoms with E-state index >= 15 is 0 Å². The minimum absolute atomic E-state index is 0.288. The van der Waals surface area contributed by atoms with Crippen LogP contribution in [0.3, 0.4) is 0 Å². The molecule has 2 rings (SSSR count). The summed E-state index contributed by atoms with van der Waals surface area (Å²) in [7, 11) is 1.79. The van der Waals surface area contributed by atoms with Crippen LogP contribution in [-0.4, -0.2) is 7.05 Å². The number of hydrogen-bond acceptors (Lipinski definition) is 2. The third-order valence-electron chi connectivity index (χ3n) is 2.73. The molecule has 1 N–H and O–H groups in total. The highest BCUT2D eigenvalue weighted by molar-refractivity contribution is 5.83. The number of aryl methyl sites for hydroxylation is 1. The van der Waals surface area contributed by atoms with Gasteiger partial charge in [0.25, 0.3) is 0 Å². The summed E-state index contributed by atoms with van der Waals surface area (Å²) >= 11 is 0. The van der Waals surface area contributed by atoms with Crippen molar-refractivity contribution in [2.45, 2.75) is 26.3 Å². The second-order valence-electron chi connectivity index (χ2n) is 4.04. The lowest BCUT2D eigenvalue weighted by Gasteiger charge is -2.00. The summed E-state index contributed by atoms with van der Waals surface area (Å²) in [4.78, 5) is 0. The maximum atomic E-state index is 13.8. The van der Waals surface area contributed by atoms with E-state index in [0.29, 0.717) is 17.7 Å². The van der Waals surface area contributed by atoms with Crippen molar-refractivity contribution in [1.82, 2.24) is 5.32 Å². The molecule has 1 aromatic heterocycles. The van der Waals surface area contributed by atoms with Crippen molar-refractivity contribution in [3.05, 3.63) is 35.1 Å². The van der Waals surface area contributed by atoms with Gasteiger partial charge >= 0.3 is 0 Å². The smallest absolute Gasteiger partial charge is 0.140 e. The maximum Gasteiger partial charge on any atom is 0.140 e. The highest BCUT2D eigenvalue weighted by Gasteiger charge is 2.17. The van der Waals surface area contributed by atoms with Gasteiger partial charge in [-0.15, -0.1) is 0 Å². The van der Waals surface area contributed by atoms with Crippen LogP contribution < -0.4 is 5.32 Å². The number of hydrogen-bond donors (Lipinski definition) is 1. The zero-order valence-corrected chi connectivity index (χ0v) is 9.94. The van der Waals surface area contributed by atoms with Gasteiger partial charge in [0.2, 0.25) is 0 Å². The first kappa shape index (κ1) is 12.0. The first-order valence-corrected chi connectivity index (χ1v) is 5.71. The number of furan rings is 1. The van der Waals surface area contributed by atoms with Gasteiger partial charge in [-0.3, -0.25) is 0 Å². The molecule has 1 heterocycles. The monoisotopic (exact) mass is 239 g/mol. The van der Waals surface area contributed by atoms with Crippen molar-refractivity contribution in [1.29, 1.82) is 0 Å². The minimum atomic E-state index is -0.609. The third kappa shape index (κ3) is 2.17. The van der Waals surface area contributed by atoms with Gasteiger partial charge in [-0.2, -0.15) is 0 Å². The first-order chi connectivity index (χ1) is 8.17. The fraction of sp³-hybridized carbons (Fsp3) is 0.385. The Hall–Kier alpha value is -1.42. The van der Waals surface area contributed by atoms with E-state index in [2.05, 4.69) is 5.32 Å². The van der Waals surface area contributed by atoms with E-state index in [1.807, 2.05) is 6.92 Å². The summed E-state index contributed by atoms with van der Waals surface area (Å²) in [5.41, 5.74) is 1.13. The number of fused-ring (bicyclic) bond motifs is 1. The predicted molar refractivity (Wildman–Crippen MR) is 62.9 cm³/mol. The lowest BCUT2D eigenvalue weighted by atomic mass is 10.1. The zero-order chi connectivity index (χ0) is 12.4. The van der Waals surface area contributed by atoms with Gasteiger partial charge in [0, 0.05) is 17.7 Å². The van der Waals surface area contributed by atoms with E-state index < -0.39 is 11.6 Å². The molecular formula is C13H15F2NO. The fourth-order valence-electron chi connectivity index (χ4n) is 2.07. The molecule has 0 fully saturated rings. The molecule has 0 atom stereocenters. The third-order valence-corrected chi connectivity index (χ3v) is 2.73. The van der Waals surface area contributed by atoms with Gasteiger partial charge in [0.1, 0.15) is 23.0 Å². The van der Waals surface area contributed by atoms with Crippen LogP contribution in [0.2, 0.25) is 0 Å². The molecule has 1 aromatic carbocycles. The Bertz CT molecular complexity index is 534. The molecule has 0 bridgehead atoms. The lowest BCUT2D eigenvalue weighted by Crippen LogP contribution is -2.06. The second kappa shape index (κ2) is 4.84. The highest BCUT2D eigenvalue weighted by atomic mass is 19.1. The van der Waals surface area contributed by atoms with Crippen molar-refractivity contribution in [3.63, 3.8) is 0 Å². The van der Waals surface area contributed by atoms with Gasteiger partial charge in [-0.25, -0.2) is 8.78 Å². The molecule has 4 heteroatoms. The highest BCUT2D eigenvalue weighted by Crippen LogP contribution is 2.30. The van der Waals surface area contributed by atoms with Crippen molar-refractivity contribution >= 4 is 11.0 Å². The van der Waals surface area contributed by atoms with E-state index in [4.69, 9.17) is 4.42 Å². The van der Waals surface area contributed by atoms with Gasteiger partial charge in [0.05, 0.1) is 11.9 Å². The molecule has 2 nitrogen and oxygen atoms in total. The van der Waals surface area contributed by atoms with E-state index in [-0.39, 0.29) is 5.58 Å². The molecule has 0 saturated heterocycles. The number of halogens is 2. The summed E-state index contributed by atoms with van der Waals surface area (Å²) in [5.74, 6) is -0.466. The molecule has 2 aromatic rings. The average Bonchev–Trinajstić information content (AvgIpc) is 2.58. The lowest BCUT2D eigenvalue weighted by molar-refractivity contribution is 0.519. The Balaban J connectivity index is 2.66. The Morgan fingerprint density at radius 3 is 2.71 bits per heavy atom. The standard InChI is InChI=1S/C13H15F2NO/c1-3-4-9-12(7-16-2)17-11-6-8(14)5-10(15)13(9)11/h5-6,16H,3-4,7H2,1-2H3. The molecule has 92 valence electrons. The molecular weight excluding hydrogens is 224 g/mol. The van der Waals surface area contributed by atoms with Crippen LogP contribution in [0.15, 0.2) is 16.5 Å². The zero-order valence-electron chi connectivity index (χ0n) is 9.94. The first-order valence-electron chi connectivity index (χ1n) is 5.71. The number of benzene rings is 1. The molecule has 0 unspecified atom stereocenters. The largest absolute Gasteiger partial charge is 0.459 e. The maximum absolute atomic E-state index is 13.8. The van der Waals surface area contributed by atoms with Crippen molar-refractivity contribution < 1.29 is 13.2 Å². The Morgan fingerprint density at radius 2 is 2.06 bits per heavy atom. The van der Waals surface area contributed by atoms with Crippen LogP contribution in [0.4, 0.5) is 8.78 Å². The summed E-state index contributed by atoms with van der Waals surface area (Å²) in [6, 6.07) is 2.14. The van der Waals surface area contributed by atoms with E-state index in [1.54, 1.807) is 7.05 Å². The van der Waals surface area contributed by atoms with Gasteiger partial charge < -0.3 is 9.73 Å². The van der Waals surface area contributed by atoms with E-state index in [0.717, 1.165) is 24.5 Å². The second-order valence-corrected chi connectivity index (χ2v) is 4.04. The summed E-state index contributed by atoms with van der Waals surface area (Å²) in [6.45, 7) is 2.54. The Labute approximate surface area is 98.6 Å². The summed E-state index contributed by atoms with van der Waals surface area (Å²) in [5, 5.41) is 3.38. The van der Waals surface area contributed by atoms with Crippen molar-refractivity contribution in [3.8, 4) is 0 Å². The van der Waals surface area contributed by atoms with Crippen LogP contribution in [-0.2, 0) is 13.0 Å². The van der Waals surface area contributed by atoms with Crippen molar-refractivity contribution in [2.24, 2.45) is 0 Å². The SMILES string of the molecule is CCCc1c(CNC)oc2cc(F)cc(F)c12. The van der Waals surface area contributed by atoms with Crippen LogP contribution in [0.1, 0.15) is 24.7 Å². The topological polar surface area (TPSA) is 25.2 Å². The van der Waals surface area contributed by atoms with E-state index in [9.17, 15) is 8.78 Å².